The summed E-state index contributed by atoms with van der Waals surface area (Å²) < 4.78 is 13.7. The molecule has 0 saturated carbocycles. The molecule has 92 valence electrons. The third-order valence-corrected chi connectivity index (χ3v) is 3.66. The van der Waals surface area contributed by atoms with Crippen LogP contribution in [-0.4, -0.2) is 5.91 Å². The normalized spacial score (nSPS) is 10.8. The van der Waals surface area contributed by atoms with Crippen LogP contribution in [0.15, 0.2) is 46.3 Å². The van der Waals surface area contributed by atoms with Gasteiger partial charge in [-0.05, 0) is 51.7 Å². The first-order valence-corrected chi connectivity index (χ1v) is 6.80. The molecule has 2 nitrogen and oxygen atoms in total. The van der Waals surface area contributed by atoms with Crippen LogP contribution in [0.25, 0.3) is 6.08 Å². The Morgan fingerprint density at radius 1 is 1.39 bits per heavy atom. The van der Waals surface area contributed by atoms with Crippen LogP contribution in [0.5, 0.6) is 0 Å². The number of nitrogens with one attached hydrogen (secondary N) is 1. The van der Waals surface area contributed by atoms with Gasteiger partial charge in [0.2, 0.25) is 5.91 Å². The number of anilines is 1. The van der Waals surface area contributed by atoms with Crippen molar-refractivity contribution in [2.24, 2.45) is 0 Å². The van der Waals surface area contributed by atoms with Gasteiger partial charge in [-0.1, -0.05) is 6.07 Å². The van der Waals surface area contributed by atoms with Gasteiger partial charge in [-0.3, -0.25) is 4.79 Å². The first kappa shape index (κ1) is 13.0. The molecule has 2 rings (SSSR count). The van der Waals surface area contributed by atoms with E-state index in [0.29, 0.717) is 10.2 Å². The predicted molar refractivity (Wildman–Crippen MR) is 76.1 cm³/mol. The van der Waals surface area contributed by atoms with Gasteiger partial charge >= 0.3 is 0 Å². The van der Waals surface area contributed by atoms with Crippen molar-refractivity contribution in [1.82, 2.24) is 0 Å². The van der Waals surface area contributed by atoms with Crippen molar-refractivity contribution < 1.29 is 9.18 Å². The molecule has 1 aromatic heterocycles. The van der Waals surface area contributed by atoms with Crippen molar-refractivity contribution in [2.45, 2.75) is 0 Å². The van der Waals surface area contributed by atoms with Crippen LogP contribution < -0.4 is 5.32 Å². The van der Waals surface area contributed by atoms with E-state index in [2.05, 4.69) is 21.2 Å². The SMILES string of the molecule is O=C(/C=C/c1cccs1)Nc1cc(F)ccc1Br. The molecule has 5 heteroatoms. The Bertz CT molecular complexity index is 581. The van der Waals surface area contributed by atoms with E-state index < -0.39 is 5.82 Å². The minimum absolute atomic E-state index is 0.297. The van der Waals surface area contributed by atoms with Gasteiger partial charge in [0, 0.05) is 15.4 Å². The number of hydrogen-bond donors (Lipinski definition) is 1. The Kier molecular flexibility index (Phi) is 4.28. The summed E-state index contributed by atoms with van der Waals surface area (Å²) in [5.74, 6) is -0.689. The first-order valence-electron chi connectivity index (χ1n) is 5.13. The highest BCUT2D eigenvalue weighted by atomic mass is 79.9. The van der Waals surface area contributed by atoms with Crippen LogP contribution in [0.2, 0.25) is 0 Å². The van der Waals surface area contributed by atoms with Crippen molar-refractivity contribution in [3.05, 3.63) is 57.0 Å². The number of benzene rings is 1. The smallest absolute Gasteiger partial charge is 0.248 e. The summed E-state index contributed by atoms with van der Waals surface area (Å²) in [6, 6.07) is 7.95. The van der Waals surface area contributed by atoms with E-state index in [9.17, 15) is 9.18 Å². The van der Waals surface area contributed by atoms with Crippen LogP contribution in [0.4, 0.5) is 10.1 Å². The van der Waals surface area contributed by atoms with Crippen LogP contribution in [0.3, 0.4) is 0 Å². The molecule has 1 aromatic carbocycles. The van der Waals surface area contributed by atoms with Crippen LogP contribution in [-0.2, 0) is 4.79 Å². The molecule has 18 heavy (non-hydrogen) atoms. The predicted octanol–water partition coefficient (Wildman–Crippen LogP) is 4.30. The van der Waals surface area contributed by atoms with Gasteiger partial charge in [-0.15, -0.1) is 11.3 Å². The van der Waals surface area contributed by atoms with Gasteiger partial charge in [0.25, 0.3) is 0 Å². The topological polar surface area (TPSA) is 29.1 Å². The standard InChI is InChI=1S/C13H9BrFNOS/c14-11-5-3-9(15)8-12(11)16-13(17)6-4-10-2-1-7-18-10/h1-8H,(H,16,17)/b6-4+. The zero-order chi connectivity index (χ0) is 13.0. The highest BCUT2D eigenvalue weighted by Gasteiger charge is 2.04. The summed E-state index contributed by atoms with van der Waals surface area (Å²) in [7, 11) is 0. The molecule has 0 atom stereocenters. The Labute approximate surface area is 116 Å². The molecule has 0 fully saturated rings. The third kappa shape index (κ3) is 3.51. The molecule has 1 N–H and O–H groups in total. The summed E-state index contributed by atoms with van der Waals surface area (Å²) >= 11 is 4.79. The van der Waals surface area contributed by atoms with Crippen molar-refractivity contribution in [3.63, 3.8) is 0 Å². The maximum absolute atomic E-state index is 13.0. The Morgan fingerprint density at radius 2 is 2.22 bits per heavy atom. The zero-order valence-electron chi connectivity index (χ0n) is 9.19. The molecule has 0 radical (unpaired) electrons. The second kappa shape index (κ2) is 5.93. The average molecular weight is 326 g/mol. The molecule has 0 aliphatic rings. The van der Waals surface area contributed by atoms with Crippen molar-refractivity contribution in [2.75, 3.05) is 5.32 Å². The second-order valence-corrected chi connectivity index (χ2v) is 5.30. The fourth-order valence-electron chi connectivity index (χ4n) is 1.31. The molecule has 1 amide bonds. The van der Waals surface area contributed by atoms with Crippen LogP contribution in [0.1, 0.15) is 4.88 Å². The number of amides is 1. The minimum atomic E-state index is -0.393. The average Bonchev–Trinajstić information content (AvgIpc) is 2.84. The maximum Gasteiger partial charge on any atom is 0.248 e. The summed E-state index contributed by atoms with van der Waals surface area (Å²) in [6.07, 6.45) is 3.14. The molecule has 0 saturated heterocycles. The van der Waals surface area contributed by atoms with Crippen molar-refractivity contribution in [1.29, 1.82) is 0 Å². The molecule has 0 bridgehead atoms. The maximum atomic E-state index is 13.0. The molecular weight excluding hydrogens is 317 g/mol. The lowest BCUT2D eigenvalue weighted by atomic mass is 10.3. The van der Waals surface area contributed by atoms with Gasteiger partial charge in [0.1, 0.15) is 5.82 Å². The monoisotopic (exact) mass is 325 g/mol. The minimum Gasteiger partial charge on any atom is -0.321 e. The largest absolute Gasteiger partial charge is 0.321 e. The molecule has 0 spiro atoms. The second-order valence-electron chi connectivity index (χ2n) is 3.46. The fourth-order valence-corrected chi connectivity index (χ4v) is 2.28. The molecule has 0 aliphatic heterocycles. The van der Waals surface area contributed by atoms with E-state index >= 15 is 0 Å². The Balaban J connectivity index is 2.05. The molecule has 0 aliphatic carbocycles. The van der Waals surface area contributed by atoms with Crippen LogP contribution in [0, 0.1) is 5.82 Å². The van der Waals surface area contributed by atoms with Crippen molar-refractivity contribution in [3.8, 4) is 0 Å². The number of rotatable bonds is 3. The van der Waals surface area contributed by atoms with Gasteiger partial charge in [0.05, 0.1) is 5.69 Å². The molecule has 0 unspecified atom stereocenters. The van der Waals surface area contributed by atoms with E-state index in [1.165, 1.54) is 18.2 Å². The highest BCUT2D eigenvalue weighted by molar-refractivity contribution is 9.10. The third-order valence-electron chi connectivity index (χ3n) is 2.13. The van der Waals surface area contributed by atoms with Gasteiger partial charge in [0.15, 0.2) is 0 Å². The number of carbonyl (C=O) groups is 1. The van der Waals surface area contributed by atoms with Crippen molar-refractivity contribution >= 4 is 44.9 Å². The number of halogens is 2. The lowest BCUT2D eigenvalue weighted by Gasteiger charge is -2.04. The first-order chi connectivity index (χ1) is 8.65. The van der Waals surface area contributed by atoms with Crippen LogP contribution >= 0.6 is 27.3 Å². The zero-order valence-corrected chi connectivity index (χ0v) is 11.6. The van der Waals surface area contributed by atoms with E-state index in [-0.39, 0.29) is 5.91 Å². The highest BCUT2D eigenvalue weighted by Crippen LogP contribution is 2.23. The van der Waals surface area contributed by atoms with Gasteiger partial charge in [-0.25, -0.2) is 4.39 Å². The van der Waals surface area contributed by atoms with E-state index in [1.807, 2.05) is 17.5 Å². The van der Waals surface area contributed by atoms with Gasteiger partial charge < -0.3 is 5.32 Å². The number of hydrogen-bond acceptors (Lipinski definition) is 2. The molecule has 1 heterocycles. The molecule has 2 aromatic rings. The summed E-state index contributed by atoms with van der Waals surface area (Å²) in [6.45, 7) is 0. The van der Waals surface area contributed by atoms with Gasteiger partial charge in [-0.2, -0.15) is 0 Å². The summed E-state index contributed by atoms with van der Waals surface area (Å²) in [4.78, 5) is 12.6. The summed E-state index contributed by atoms with van der Waals surface area (Å²) in [5, 5.41) is 4.54. The lowest BCUT2D eigenvalue weighted by Crippen LogP contribution is -2.08. The Morgan fingerprint density at radius 3 is 2.94 bits per heavy atom. The Hall–Kier alpha value is -1.46. The number of carbonyl (C=O) groups excluding carboxylic acids is 1. The fraction of sp³-hybridized carbons (Fsp3) is 0. The quantitative estimate of drug-likeness (QED) is 0.837. The molecular formula is C13H9BrFNOS. The van der Waals surface area contributed by atoms with E-state index in [0.717, 1.165) is 4.88 Å². The summed E-state index contributed by atoms with van der Waals surface area (Å²) in [5.41, 5.74) is 0.413. The lowest BCUT2D eigenvalue weighted by molar-refractivity contribution is -0.111. The number of thiophene rings is 1. The van der Waals surface area contributed by atoms with E-state index in [1.54, 1.807) is 23.5 Å². The van der Waals surface area contributed by atoms with E-state index in [4.69, 9.17) is 0 Å².